The van der Waals surface area contributed by atoms with E-state index in [9.17, 15) is 0 Å². The van der Waals surface area contributed by atoms with Gasteiger partial charge in [0.15, 0.2) is 11.6 Å². The molecule has 0 unspecified atom stereocenters. The van der Waals surface area contributed by atoms with Gasteiger partial charge >= 0.3 is 0 Å². The molecule has 166 valence electrons. The van der Waals surface area contributed by atoms with E-state index in [1.807, 2.05) is 39.5 Å². The van der Waals surface area contributed by atoms with Gasteiger partial charge in [0.05, 0.1) is 17.9 Å². The molecule has 2 aromatic carbocycles. The van der Waals surface area contributed by atoms with E-state index in [0.717, 1.165) is 39.6 Å². The number of ether oxygens (including phenoxy) is 1. The van der Waals surface area contributed by atoms with Crippen molar-refractivity contribution in [2.75, 3.05) is 7.11 Å². The number of aromatic nitrogens is 6. The highest BCUT2D eigenvalue weighted by Crippen LogP contribution is 2.36. The molecule has 0 spiro atoms. The van der Waals surface area contributed by atoms with Crippen molar-refractivity contribution in [1.29, 1.82) is 0 Å². The maximum Gasteiger partial charge on any atom is 0.247 e. The Hall–Kier alpha value is -4.48. The molecular formula is C26H20N6O2. The third kappa shape index (κ3) is 3.14. The van der Waals surface area contributed by atoms with Crippen LogP contribution in [0, 0.1) is 19.3 Å². The first-order valence-corrected chi connectivity index (χ1v) is 10.8. The van der Waals surface area contributed by atoms with E-state index in [4.69, 9.17) is 20.6 Å². The second-order valence-electron chi connectivity index (χ2n) is 8.15. The molecule has 4 heterocycles. The predicted molar refractivity (Wildman–Crippen MR) is 126 cm³/mol. The lowest BCUT2D eigenvalue weighted by Gasteiger charge is -2.09. The van der Waals surface area contributed by atoms with Gasteiger partial charge in [-0.1, -0.05) is 35.7 Å². The van der Waals surface area contributed by atoms with E-state index < -0.39 is 0 Å². The number of methoxy groups -OCH3 is 1. The Morgan fingerprint density at radius 2 is 2.00 bits per heavy atom. The molecule has 0 N–H and O–H groups in total. The van der Waals surface area contributed by atoms with Gasteiger partial charge in [-0.3, -0.25) is 4.57 Å². The molecule has 6 rings (SSSR count). The van der Waals surface area contributed by atoms with Crippen LogP contribution in [0.15, 0.2) is 59.5 Å². The minimum Gasteiger partial charge on any atom is -0.443 e. The molecule has 8 nitrogen and oxygen atoms in total. The Bertz CT molecular complexity index is 1570. The van der Waals surface area contributed by atoms with E-state index in [-0.39, 0.29) is 0 Å². The smallest absolute Gasteiger partial charge is 0.247 e. The Morgan fingerprint density at radius 3 is 2.79 bits per heavy atom. The van der Waals surface area contributed by atoms with Crippen molar-refractivity contribution in [2.24, 2.45) is 0 Å². The van der Waals surface area contributed by atoms with E-state index in [1.165, 1.54) is 5.56 Å². The lowest BCUT2D eigenvalue weighted by Crippen LogP contribution is -2.09. The van der Waals surface area contributed by atoms with E-state index in [2.05, 4.69) is 40.2 Å². The number of nitrogens with zero attached hydrogens (tertiary/aromatic N) is 6. The van der Waals surface area contributed by atoms with Gasteiger partial charge in [-0.15, -0.1) is 16.6 Å². The van der Waals surface area contributed by atoms with Gasteiger partial charge in [0.2, 0.25) is 5.89 Å². The van der Waals surface area contributed by atoms with Gasteiger partial charge in [-0.2, -0.15) is 0 Å². The van der Waals surface area contributed by atoms with Gasteiger partial charge in [0.25, 0.3) is 0 Å². The zero-order valence-corrected chi connectivity index (χ0v) is 18.7. The standard InChI is InChI=1S/C26H20N6O2/c1-4-17-7-10-21-19(11-17)25-30-29-23(14-33-3)31(25)12-22-24(27-15-32(21)22)26-28-20(13-34-26)18-8-5-16(2)6-9-18/h1,5-11,13,15H,12,14H2,2-3H3. The molecule has 0 saturated heterocycles. The zero-order valence-electron chi connectivity index (χ0n) is 18.7. The molecule has 8 heteroatoms. The van der Waals surface area contributed by atoms with Crippen LogP contribution in [-0.2, 0) is 17.9 Å². The normalized spacial score (nSPS) is 11.9. The van der Waals surface area contributed by atoms with Gasteiger partial charge in [0, 0.05) is 23.8 Å². The number of rotatable bonds is 4. The van der Waals surface area contributed by atoms with E-state index in [1.54, 1.807) is 19.7 Å². The summed E-state index contributed by atoms with van der Waals surface area (Å²) in [6, 6.07) is 14.0. The van der Waals surface area contributed by atoms with E-state index >= 15 is 0 Å². The van der Waals surface area contributed by atoms with Crippen LogP contribution in [0.1, 0.15) is 22.6 Å². The van der Waals surface area contributed by atoms with Crippen LogP contribution in [0.4, 0.5) is 0 Å². The fourth-order valence-electron chi connectivity index (χ4n) is 4.25. The molecule has 0 bridgehead atoms. The van der Waals surface area contributed by atoms with Crippen LogP contribution in [0.25, 0.3) is 39.9 Å². The SMILES string of the molecule is C#Cc1ccc2c(c1)-c1nnc(COC)n1Cc1c(-c3nc(-c4ccc(C)cc4)co3)ncn1-2. The monoisotopic (exact) mass is 448 g/mol. The average molecular weight is 448 g/mol. The molecule has 0 fully saturated rings. The van der Waals surface area contributed by atoms with Crippen molar-refractivity contribution in [3.63, 3.8) is 0 Å². The number of terminal acetylenes is 1. The molecule has 0 atom stereocenters. The highest BCUT2D eigenvalue weighted by atomic mass is 16.5. The van der Waals surface area contributed by atoms with Crippen molar-refractivity contribution in [3.05, 3.63) is 77.7 Å². The molecule has 1 aliphatic rings. The van der Waals surface area contributed by atoms with Crippen molar-refractivity contribution >= 4 is 0 Å². The average Bonchev–Trinajstić information content (AvgIpc) is 3.57. The van der Waals surface area contributed by atoms with Crippen LogP contribution >= 0.6 is 0 Å². The Labute approximate surface area is 195 Å². The second-order valence-corrected chi connectivity index (χ2v) is 8.15. The van der Waals surface area contributed by atoms with Crippen LogP contribution in [-0.4, -0.2) is 36.4 Å². The summed E-state index contributed by atoms with van der Waals surface area (Å²) >= 11 is 0. The van der Waals surface area contributed by atoms with Crippen LogP contribution < -0.4 is 0 Å². The number of hydrogen-bond acceptors (Lipinski definition) is 6. The summed E-state index contributed by atoms with van der Waals surface area (Å²) in [5.41, 5.74) is 7.05. The Balaban J connectivity index is 1.52. The van der Waals surface area contributed by atoms with Crippen molar-refractivity contribution < 1.29 is 9.15 Å². The van der Waals surface area contributed by atoms with E-state index in [0.29, 0.717) is 30.6 Å². The lowest BCUT2D eigenvalue weighted by atomic mass is 10.1. The summed E-state index contributed by atoms with van der Waals surface area (Å²) < 4.78 is 15.3. The van der Waals surface area contributed by atoms with Gasteiger partial charge in [-0.05, 0) is 25.1 Å². The Kier molecular flexibility index (Phi) is 4.64. The van der Waals surface area contributed by atoms with Crippen LogP contribution in [0.3, 0.4) is 0 Å². The fraction of sp³-hybridized carbons (Fsp3) is 0.154. The highest BCUT2D eigenvalue weighted by Gasteiger charge is 2.28. The first-order chi connectivity index (χ1) is 16.7. The number of hydrogen-bond donors (Lipinski definition) is 0. The number of imidazole rings is 1. The lowest BCUT2D eigenvalue weighted by molar-refractivity contribution is 0.174. The largest absolute Gasteiger partial charge is 0.443 e. The Morgan fingerprint density at radius 1 is 1.15 bits per heavy atom. The number of aryl methyl sites for hydroxylation is 1. The molecule has 3 aromatic heterocycles. The summed E-state index contributed by atoms with van der Waals surface area (Å²) in [5, 5.41) is 8.82. The summed E-state index contributed by atoms with van der Waals surface area (Å²) in [6.07, 6.45) is 9.12. The molecule has 0 radical (unpaired) electrons. The van der Waals surface area contributed by atoms with Crippen LogP contribution in [0.5, 0.6) is 0 Å². The van der Waals surface area contributed by atoms with Crippen LogP contribution in [0.2, 0.25) is 0 Å². The van der Waals surface area contributed by atoms with Gasteiger partial charge < -0.3 is 13.7 Å². The maximum atomic E-state index is 5.89. The first kappa shape index (κ1) is 20.1. The topological polar surface area (TPSA) is 83.8 Å². The third-order valence-electron chi connectivity index (χ3n) is 5.99. The predicted octanol–water partition coefficient (Wildman–Crippen LogP) is 4.25. The molecule has 0 saturated carbocycles. The highest BCUT2D eigenvalue weighted by molar-refractivity contribution is 5.73. The van der Waals surface area contributed by atoms with Crippen molar-refractivity contribution in [2.45, 2.75) is 20.1 Å². The van der Waals surface area contributed by atoms with Gasteiger partial charge in [0.1, 0.15) is 30.6 Å². The second kappa shape index (κ2) is 7.83. The third-order valence-corrected chi connectivity index (χ3v) is 5.99. The minimum atomic E-state index is 0.331. The summed E-state index contributed by atoms with van der Waals surface area (Å²) in [5.74, 6) is 4.59. The zero-order chi connectivity index (χ0) is 23.2. The summed E-state index contributed by atoms with van der Waals surface area (Å²) in [6.45, 7) is 2.86. The summed E-state index contributed by atoms with van der Waals surface area (Å²) in [7, 11) is 1.64. The molecule has 0 amide bonds. The minimum absolute atomic E-state index is 0.331. The molecule has 0 aliphatic carbocycles. The molecule has 34 heavy (non-hydrogen) atoms. The van der Waals surface area contributed by atoms with Crippen molar-refractivity contribution in [3.8, 4) is 52.3 Å². The maximum absolute atomic E-state index is 5.89. The first-order valence-electron chi connectivity index (χ1n) is 10.8. The quantitative estimate of drug-likeness (QED) is 0.375. The number of fused-ring (bicyclic) bond motifs is 5. The molecule has 5 aromatic rings. The summed E-state index contributed by atoms with van der Waals surface area (Å²) in [4.78, 5) is 9.43. The molecule has 1 aliphatic heterocycles. The fourth-order valence-corrected chi connectivity index (χ4v) is 4.25. The van der Waals surface area contributed by atoms with Crippen molar-refractivity contribution in [1.82, 2.24) is 29.3 Å². The molecular weight excluding hydrogens is 428 g/mol. The number of benzene rings is 2. The number of oxazole rings is 1. The van der Waals surface area contributed by atoms with Gasteiger partial charge in [-0.25, -0.2) is 9.97 Å².